The normalized spacial score (nSPS) is 12.5. The summed E-state index contributed by atoms with van der Waals surface area (Å²) in [5, 5.41) is 19.6. The highest BCUT2D eigenvalue weighted by atomic mass is 19.4. The van der Waals surface area contributed by atoms with Crippen molar-refractivity contribution in [2.75, 3.05) is 6.61 Å². The van der Waals surface area contributed by atoms with Gasteiger partial charge in [0, 0.05) is 11.6 Å². The molecule has 32 heavy (non-hydrogen) atoms. The van der Waals surface area contributed by atoms with Crippen LogP contribution < -0.4 is 5.43 Å². The second-order valence-electron chi connectivity index (χ2n) is 6.79. The highest BCUT2D eigenvalue weighted by molar-refractivity contribution is 5.71. The molecule has 2 heterocycles. The molecule has 2 aromatic heterocycles. The molecule has 0 aliphatic rings. The Kier molecular flexibility index (Phi) is 6.73. The highest BCUT2D eigenvalue weighted by Gasteiger charge is 2.32. The van der Waals surface area contributed by atoms with Crippen LogP contribution in [0, 0.1) is 0 Å². The number of aliphatic hydroxyl groups is 1. The lowest BCUT2D eigenvalue weighted by Gasteiger charge is -2.15. The lowest BCUT2D eigenvalue weighted by Crippen LogP contribution is -2.14. The minimum atomic E-state index is -4.54. The van der Waals surface area contributed by atoms with Crippen LogP contribution in [0.15, 0.2) is 56.1 Å². The Morgan fingerprint density at radius 1 is 1.16 bits per heavy atom. The van der Waals surface area contributed by atoms with Crippen LogP contribution in [0.5, 0.6) is 5.75 Å². The van der Waals surface area contributed by atoms with Gasteiger partial charge in [-0.1, -0.05) is 12.1 Å². The van der Waals surface area contributed by atoms with Crippen molar-refractivity contribution >= 4 is 5.97 Å². The standard InChI is InChI=1S/C22H19F3O7/c1-2-30-19(28)10-15(21-20(29)16(27)9-14(11-26)31-21)18-7-6-17(32-18)12-4-3-5-13(8-12)22(23,24)25/h3-9,15,26,29H,2,10-11H2,1H3. The fraction of sp³-hybridized carbons (Fsp3) is 0.273. The highest BCUT2D eigenvalue weighted by Crippen LogP contribution is 2.37. The number of hydrogen-bond acceptors (Lipinski definition) is 7. The van der Waals surface area contributed by atoms with Crippen molar-refractivity contribution in [3.63, 3.8) is 0 Å². The third-order valence-electron chi connectivity index (χ3n) is 4.59. The van der Waals surface area contributed by atoms with E-state index in [2.05, 4.69) is 0 Å². The molecule has 0 aliphatic carbocycles. The first kappa shape index (κ1) is 23.1. The number of esters is 1. The van der Waals surface area contributed by atoms with E-state index in [1.54, 1.807) is 6.92 Å². The Labute approximate surface area is 179 Å². The van der Waals surface area contributed by atoms with Crippen LogP contribution in [-0.2, 0) is 22.3 Å². The van der Waals surface area contributed by atoms with Gasteiger partial charge < -0.3 is 23.8 Å². The van der Waals surface area contributed by atoms with E-state index in [0.717, 1.165) is 18.2 Å². The molecule has 0 fully saturated rings. The Morgan fingerprint density at radius 3 is 2.56 bits per heavy atom. The minimum absolute atomic E-state index is 0.0407. The van der Waals surface area contributed by atoms with E-state index in [9.17, 15) is 33.0 Å². The second-order valence-corrected chi connectivity index (χ2v) is 6.79. The SMILES string of the molecule is CCOC(=O)CC(c1ccc(-c2cccc(C(F)(F)F)c2)o1)c1oc(CO)cc(=O)c1O. The van der Waals surface area contributed by atoms with Gasteiger partial charge in [0.05, 0.1) is 24.5 Å². The van der Waals surface area contributed by atoms with Crippen molar-refractivity contribution in [1.29, 1.82) is 0 Å². The number of furan rings is 1. The topological polar surface area (TPSA) is 110 Å². The molecular weight excluding hydrogens is 433 g/mol. The smallest absolute Gasteiger partial charge is 0.416 e. The van der Waals surface area contributed by atoms with Crippen LogP contribution >= 0.6 is 0 Å². The van der Waals surface area contributed by atoms with Gasteiger partial charge in [0.15, 0.2) is 5.76 Å². The molecular formula is C22H19F3O7. The second kappa shape index (κ2) is 9.31. The van der Waals surface area contributed by atoms with E-state index in [0.29, 0.717) is 0 Å². The summed E-state index contributed by atoms with van der Waals surface area (Å²) in [6.45, 7) is 1.03. The number of aromatic hydroxyl groups is 1. The molecule has 0 spiro atoms. The van der Waals surface area contributed by atoms with Crippen LogP contribution in [0.4, 0.5) is 13.2 Å². The van der Waals surface area contributed by atoms with Gasteiger partial charge in [0.25, 0.3) is 0 Å². The number of alkyl halides is 3. The molecule has 0 saturated heterocycles. The van der Waals surface area contributed by atoms with Crippen molar-refractivity contribution in [1.82, 2.24) is 0 Å². The molecule has 0 aliphatic heterocycles. The number of benzene rings is 1. The molecule has 1 unspecified atom stereocenters. The average molecular weight is 452 g/mol. The molecule has 0 bridgehead atoms. The molecule has 10 heteroatoms. The summed E-state index contributed by atoms with van der Waals surface area (Å²) in [4.78, 5) is 24.2. The summed E-state index contributed by atoms with van der Waals surface area (Å²) in [5.41, 5.74) is -1.57. The van der Waals surface area contributed by atoms with Gasteiger partial charge in [-0.15, -0.1) is 0 Å². The summed E-state index contributed by atoms with van der Waals surface area (Å²) in [6.07, 6.45) is -4.94. The number of halogens is 3. The Morgan fingerprint density at radius 2 is 1.91 bits per heavy atom. The maximum Gasteiger partial charge on any atom is 0.416 e. The summed E-state index contributed by atoms with van der Waals surface area (Å²) in [6, 6.07) is 8.17. The molecule has 1 atom stereocenters. The lowest BCUT2D eigenvalue weighted by molar-refractivity contribution is -0.143. The van der Waals surface area contributed by atoms with E-state index in [1.807, 2.05) is 0 Å². The van der Waals surface area contributed by atoms with E-state index in [-0.39, 0.29) is 35.2 Å². The van der Waals surface area contributed by atoms with Crippen LogP contribution in [0.2, 0.25) is 0 Å². The predicted octanol–water partition coefficient (Wildman–Crippen LogP) is 4.20. The van der Waals surface area contributed by atoms with E-state index in [1.165, 1.54) is 24.3 Å². The predicted molar refractivity (Wildman–Crippen MR) is 105 cm³/mol. The van der Waals surface area contributed by atoms with Crippen molar-refractivity contribution in [3.8, 4) is 17.1 Å². The van der Waals surface area contributed by atoms with Gasteiger partial charge in [-0.05, 0) is 31.2 Å². The number of aliphatic hydroxyl groups excluding tert-OH is 1. The zero-order valence-corrected chi connectivity index (χ0v) is 16.8. The third kappa shape index (κ3) is 5.02. The van der Waals surface area contributed by atoms with Gasteiger partial charge in [-0.3, -0.25) is 9.59 Å². The first-order chi connectivity index (χ1) is 15.1. The number of ether oxygens (including phenoxy) is 1. The first-order valence-corrected chi connectivity index (χ1v) is 9.53. The molecule has 0 amide bonds. The zero-order chi connectivity index (χ0) is 23.5. The molecule has 3 rings (SSSR count). The molecule has 1 aromatic carbocycles. The number of carbonyl (C=O) groups is 1. The molecule has 3 aromatic rings. The summed E-state index contributed by atoms with van der Waals surface area (Å²) >= 11 is 0. The van der Waals surface area contributed by atoms with Gasteiger partial charge >= 0.3 is 12.1 Å². The molecule has 170 valence electrons. The van der Waals surface area contributed by atoms with Crippen LogP contribution in [0.3, 0.4) is 0 Å². The van der Waals surface area contributed by atoms with Gasteiger partial charge in [-0.25, -0.2) is 0 Å². The Hall–Kier alpha value is -3.53. The number of carbonyl (C=O) groups excluding carboxylic acids is 1. The van der Waals surface area contributed by atoms with E-state index >= 15 is 0 Å². The third-order valence-corrected chi connectivity index (χ3v) is 4.59. The lowest BCUT2D eigenvalue weighted by atomic mass is 9.98. The van der Waals surface area contributed by atoms with Crippen LogP contribution in [-0.4, -0.2) is 22.8 Å². The van der Waals surface area contributed by atoms with Crippen molar-refractivity contribution < 1.29 is 41.8 Å². The molecule has 7 nitrogen and oxygen atoms in total. The first-order valence-electron chi connectivity index (χ1n) is 9.53. The Bertz CT molecular complexity index is 1160. The quantitative estimate of drug-likeness (QED) is 0.517. The fourth-order valence-corrected chi connectivity index (χ4v) is 3.12. The summed E-state index contributed by atoms with van der Waals surface area (Å²) in [7, 11) is 0. The van der Waals surface area contributed by atoms with Crippen molar-refractivity contribution in [2.45, 2.75) is 32.0 Å². The average Bonchev–Trinajstić information content (AvgIpc) is 3.24. The molecule has 0 radical (unpaired) electrons. The molecule has 2 N–H and O–H groups in total. The fourth-order valence-electron chi connectivity index (χ4n) is 3.12. The van der Waals surface area contributed by atoms with Crippen molar-refractivity contribution in [3.05, 3.63) is 75.5 Å². The van der Waals surface area contributed by atoms with Gasteiger partial charge in [0.2, 0.25) is 11.2 Å². The largest absolute Gasteiger partial charge is 0.502 e. The summed E-state index contributed by atoms with van der Waals surface area (Å²) < 4.78 is 55.1. The van der Waals surface area contributed by atoms with Crippen LogP contribution in [0.25, 0.3) is 11.3 Å². The van der Waals surface area contributed by atoms with E-state index < -0.39 is 47.8 Å². The number of hydrogen-bond donors (Lipinski definition) is 2. The minimum Gasteiger partial charge on any atom is -0.502 e. The maximum absolute atomic E-state index is 13.0. The maximum atomic E-state index is 13.0. The molecule has 0 saturated carbocycles. The van der Waals surface area contributed by atoms with Gasteiger partial charge in [-0.2, -0.15) is 13.2 Å². The Balaban J connectivity index is 2.07. The van der Waals surface area contributed by atoms with Crippen LogP contribution in [0.1, 0.15) is 42.1 Å². The zero-order valence-electron chi connectivity index (χ0n) is 16.8. The number of rotatable bonds is 7. The van der Waals surface area contributed by atoms with Gasteiger partial charge in [0.1, 0.15) is 23.9 Å². The monoisotopic (exact) mass is 452 g/mol. The summed E-state index contributed by atoms with van der Waals surface area (Å²) in [5.74, 6) is -2.98. The van der Waals surface area contributed by atoms with Crippen molar-refractivity contribution in [2.24, 2.45) is 0 Å². The van der Waals surface area contributed by atoms with E-state index in [4.69, 9.17) is 13.6 Å².